The third kappa shape index (κ3) is 3.02. The van der Waals surface area contributed by atoms with Crippen molar-refractivity contribution in [3.05, 3.63) is 53.3 Å². The van der Waals surface area contributed by atoms with Crippen LogP contribution in [0.1, 0.15) is 10.9 Å². The van der Waals surface area contributed by atoms with Gasteiger partial charge in [0.25, 0.3) is 0 Å². The third-order valence-corrected chi connectivity index (χ3v) is 5.21. The van der Waals surface area contributed by atoms with E-state index in [2.05, 4.69) is 0 Å². The van der Waals surface area contributed by atoms with Crippen LogP contribution in [0.5, 0.6) is 0 Å². The molecule has 1 fully saturated rings. The fourth-order valence-electron chi connectivity index (χ4n) is 2.53. The Bertz CT molecular complexity index is 674. The van der Waals surface area contributed by atoms with Crippen LogP contribution < -0.4 is 0 Å². The van der Waals surface area contributed by atoms with Crippen LogP contribution >= 0.6 is 23.4 Å². The summed E-state index contributed by atoms with van der Waals surface area (Å²) in [5, 5.41) is 0.752. The number of ether oxygens (including phenoxy) is 1. The van der Waals surface area contributed by atoms with Gasteiger partial charge in [-0.2, -0.15) is 0 Å². The second-order valence-corrected chi connectivity index (χ2v) is 6.52. The number of carbonyl (C=O) groups is 1. The maximum absolute atomic E-state index is 12.0. The van der Waals surface area contributed by atoms with E-state index in [-0.39, 0.29) is 11.3 Å². The first-order valence-electron chi connectivity index (χ1n) is 7.03. The SMILES string of the molecule is COCCN1C(=O)CSC1c1ccn(-c2ccccc2Cl)c1. The highest BCUT2D eigenvalue weighted by Crippen LogP contribution is 2.39. The molecule has 0 saturated carbocycles. The maximum atomic E-state index is 12.0. The van der Waals surface area contributed by atoms with Crippen molar-refractivity contribution in [2.45, 2.75) is 5.37 Å². The molecule has 0 N–H and O–H groups in total. The number of para-hydroxylation sites is 1. The van der Waals surface area contributed by atoms with E-state index in [1.54, 1.807) is 18.9 Å². The van der Waals surface area contributed by atoms with E-state index < -0.39 is 0 Å². The summed E-state index contributed by atoms with van der Waals surface area (Å²) in [6.07, 6.45) is 4.02. The van der Waals surface area contributed by atoms with Crippen LogP contribution in [-0.4, -0.2) is 41.4 Å². The summed E-state index contributed by atoms with van der Waals surface area (Å²) < 4.78 is 7.10. The van der Waals surface area contributed by atoms with E-state index in [1.807, 2.05) is 52.2 Å². The van der Waals surface area contributed by atoms with E-state index in [0.717, 1.165) is 11.3 Å². The summed E-state index contributed by atoms with van der Waals surface area (Å²) in [4.78, 5) is 13.9. The lowest BCUT2D eigenvalue weighted by Gasteiger charge is -2.22. The summed E-state index contributed by atoms with van der Waals surface area (Å²) in [5.74, 6) is 0.684. The van der Waals surface area contributed by atoms with E-state index in [0.29, 0.717) is 23.9 Å². The molecule has 1 aromatic heterocycles. The molecule has 0 radical (unpaired) electrons. The van der Waals surface area contributed by atoms with Crippen LogP contribution in [0.15, 0.2) is 42.7 Å². The molecule has 3 rings (SSSR count). The minimum atomic E-state index is 0.0476. The van der Waals surface area contributed by atoms with Crippen LogP contribution in [0.25, 0.3) is 5.69 Å². The van der Waals surface area contributed by atoms with E-state index in [1.165, 1.54) is 0 Å². The molecule has 1 amide bonds. The number of benzene rings is 1. The first-order valence-corrected chi connectivity index (χ1v) is 8.46. The van der Waals surface area contributed by atoms with E-state index in [4.69, 9.17) is 16.3 Å². The number of aromatic nitrogens is 1. The number of thioether (sulfide) groups is 1. The van der Waals surface area contributed by atoms with Crippen molar-refractivity contribution in [2.75, 3.05) is 26.0 Å². The van der Waals surface area contributed by atoms with Gasteiger partial charge in [0.2, 0.25) is 5.91 Å². The van der Waals surface area contributed by atoms with Crippen LogP contribution in [0.2, 0.25) is 5.02 Å². The molecule has 1 aliphatic rings. The zero-order valence-electron chi connectivity index (χ0n) is 12.2. The molecule has 4 nitrogen and oxygen atoms in total. The van der Waals surface area contributed by atoms with Gasteiger partial charge >= 0.3 is 0 Å². The number of hydrogen-bond donors (Lipinski definition) is 0. The fraction of sp³-hybridized carbons (Fsp3) is 0.312. The molecule has 2 heterocycles. The van der Waals surface area contributed by atoms with Crippen molar-refractivity contribution < 1.29 is 9.53 Å². The van der Waals surface area contributed by atoms with Crippen molar-refractivity contribution in [1.82, 2.24) is 9.47 Å². The Morgan fingerprint density at radius 3 is 2.95 bits per heavy atom. The minimum Gasteiger partial charge on any atom is -0.383 e. The van der Waals surface area contributed by atoms with Crippen LogP contribution in [-0.2, 0) is 9.53 Å². The minimum absolute atomic E-state index is 0.0476. The van der Waals surface area contributed by atoms with Crippen molar-refractivity contribution in [2.24, 2.45) is 0 Å². The highest BCUT2D eigenvalue weighted by molar-refractivity contribution is 8.00. The zero-order chi connectivity index (χ0) is 15.5. The molecule has 1 aliphatic heterocycles. The molecule has 1 saturated heterocycles. The van der Waals surface area contributed by atoms with Gasteiger partial charge in [0.05, 0.1) is 23.1 Å². The van der Waals surface area contributed by atoms with Gasteiger partial charge in [0.15, 0.2) is 0 Å². The summed E-state index contributed by atoms with van der Waals surface area (Å²) in [5.41, 5.74) is 2.04. The maximum Gasteiger partial charge on any atom is 0.233 e. The van der Waals surface area contributed by atoms with Crippen LogP contribution in [0.4, 0.5) is 0 Å². The Balaban J connectivity index is 1.84. The first kappa shape index (κ1) is 15.5. The molecular weight excluding hydrogens is 320 g/mol. The van der Waals surface area contributed by atoms with Gasteiger partial charge in [-0.15, -0.1) is 11.8 Å². The van der Waals surface area contributed by atoms with Crippen LogP contribution in [0.3, 0.4) is 0 Å². The number of halogens is 1. The quantitative estimate of drug-likeness (QED) is 0.839. The normalized spacial score (nSPS) is 18.2. The van der Waals surface area contributed by atoms with Gasteiger partial charge in [-0.1, -0.05) is 23.7 Å². The Hall–Kier alpha value is -1.43. The van der Waals surface area contributed by atoms with Crippen molar-refractivity contribution >= 4 is 29.3 Å². The summed E-state index contributed by atoms with van der Waals surface area (Å²) in [7, 11) is 1.65. The average molecular weight is 337 g/mol. The zero-order valence-corrected chi connectivity index (χ0v) is 13.8. The smallest absolute Gasteiger partial charge is 0.233 e. The van der Waals surface area contributed by atoms with Gasteiger partial charge in [-0.25, -0.2) is 0 Å². The number of methoxy groups -OCH3 is 1. The second-order valence-electron chi connectivity index (χ2n) is 5.05. The molecule has 2 aromatic rings. The number of carbonyl (C=O) groups excluding carboxylic acids is 1. The van der Waals surface area contributed by atoms with E-state index in [9.17, 15) is 4.79 Å². The van der Waals surface area contributed by atoms with Gasteiger partial charge in [0.1, 0.15) is 5.37 Å². The molecule has 0 spiro atoms. The van der Waals surface area contributed by atoms with Gasteiger partial charge in [0, 0.05) is 31.6 Å². The third-order valence-electron chi connectivity index (χ3n) is 3.64. The lowest BCUT2D eigenvalue weighted by atomic mass is 10.3. The summed E-state index contributed by atoms with van der Waals surface area (Å²) >= 11 is 7.89. The summed E-state index contributed by atoms with van der Waals surface area (Å²) in [6.45, 7) is 1.16. The lowest BCUT2D eigenvalue weighted by Crippen LogP contribution is -2.31. The molecule has 1 aromatic carbocycles. The first-order chi connectivity index (χ1) is 10.7. The Morgan fingerprint density at radius 1 is 1.36 bits per heavy atom. The number of hydrogen-bond acceptors (Lipinski definition) is 3. The molecular formula is C16H17ClN2O2S. The van der Waals surface area contributed by atoms with Crippen molar-refractivity contribution in [3.63, 3.8) is 0 Å². The molecule has 6 heteroatoms. The standard InChI is InChI=1S/C16H17ClN2O2S/c1-21-9-8-19-15(20)11-22-16(19)12-6-7-18(10-12)14-5-3-2-4-13(14)17/h2-7,10,16H,8-9,11H2,1H3. The largest absolute Gasteiger partial charge is 0.383 e. The topological polar surface area (TPSA) is 34.5 Å². The van der Waals surface area contributed by atoms with Gasteiger partial charge in [-0.3, -0.25) is 4.79 Å². The van der Waals surface area contributed by atoms with E-state index >= 15 is 0 Å². The predicted octanol–water partition coefficient (Wildman–Crippen LogP) is 3.35. The Kier molecular flexibility index (Phi) is 4.76. The second kappa shape index (κ2) is 6.77. The molecule has 1 unspecified atom stereocenters. The average Bonchev–Trinajstić information content (AvgIpc) is 3.12. The Labute approximate surface area is 139 Å². The molecule has 22 heavy (non-hydrogen) atoms. The number of nitrogens with zero attached hydrogens (tertiary/aromatic N) is 2. The monoisotopic (exact) mass is 336 g/mol. The van der Waals surface area contributed by atoms with Crippen molar-refractivity contribution in [3.8, 4) is 5.69 Å². The highest BCUT2D eigenvalue weighted by Gasteiger charge is 2.32. The number of amides is 1. The van der Waals surface area contributed by atoms with Crippen molar-refractivity contribution in [1.29, 1.82) is 0 Å². The summed E-state index contributed by atoms with van der Waals surface area (Å²) in [6, 6.07) is 9.75. The number of rotatable bonds is 5. The lowest BCUT2D eigenvalue weighted by molar-refractivity contribution is -0.128. The van der Waals surface area contributed by atoms with Gasteiger partial charge in [-0.05, 0) is 18.2 Å². The highest BCUT2D eigenvalue weighted by atomic mass is 35.5. The molecule has 116 valence electrons. The predicted molar refractivity (Wildman–Crippen MR) is 89.6 cm³/mol. The molecule has 0 bridgehead atoms. The Morgan fingerprint density at radius 2 is 2.18 bits per heavy atom. The fourth-order valence-corrected chi connectivity index (χ4v) is 3.97. The molecule has 1 atom stereocenters. The van der Waals surface area contributed by atoms with Gasteiger partial charge < -0.3 is 14.2 Å². The molecule has 0 aliphatic carbocycles. The van der Waals surface area contributed by atoms with Crippen LogP contribution in [0, 0.1) is 0 Å².